The van der Waals surface area contributed by atoms with E-state index in [1.807, 2.05) is 0 Å². The minimum atomic E-state index is -0.762. The van der Waals surface area contributed by atoms with E-state index in [0.717, 1.165) is 16.7 Å². The molecule has 0 aliphatic carbocycles. The minimum absolute atomic E-state index is 0.0359. The van der Waals surface area contributed by atoms with E-state index in [0.29, 0.717) is 21.2 Å². The first kappa shape index (κ1) is 31.7. The van der Waals surface area contributed by atoms with Crippen molar-refractivity contribution in [1.29, 1.82) is 0 Å². The molecule has 0 radical (unpaired) electrons. The Balaban J connectivity index is 1.49. The lowest BCUT2D eigenvalue weighted by Gasteiger charge is -2.13. The molecule has 18 heteroatoms. The highest BCUT2D eigenvalue weighted by Gasteiger charge is 2.23. The Morgan fingerprint density at radius 2 is 1.74 bits per heavy atom. The molecule has 236 valence electrons. The molecule has 5 aromatic rings. The number of nitrogens with one attached hydrogen (secondary N) is 1. The fraction of sp³-hybridized carbons (Fsp3) is 0.143. The average Bonchev–Trinajstić information content (AvgIpc) is 3.38. The molecule has 1 N–H and O–H groups in total. The van der Waals surface area contributed by atoms with Crippen LogP contribution in [0.4, 0.5) is 17.1 Å². The van der Waals surface area contributed by atoms with Crippen molar-refractivity contribution in [3.8, 4) is 17.5 Å². The van der Waals surface area contributed by atoms with Crippen LogP contribution in [0.5, 0.6) is 17.5 Å². The fourth-order valence-corrected chi connectivity index (χ4v) is 4.94. The summed E-state index contributed by atoms with van der Waals surface area (Å²) in [5, 5.41) is 27.1. The molecule has 2 aromatic heterocycles. The number of halogens is 2. The van der Waals surface area contributed by atoms with Crippen LogP contribution >= 0.6 is 23.2 Å². The number of fused-ring (bicyclic) bond motifs is 1. The summed E-state index contributed by atoms with van der Waals surface area (Å²) >= 11 is 12.5. The third-order valence-corrected chi connectivity index (χ3v) is 7.42. The molecule has 0 amide bonds. The van der Waals surface area contributed by atoms with E-state index in [9.17, 15) is 29.8 Å². The summed E-state index contributed by atoms with van der Waals surface area (Å²) in [4.78, 5) is 51.2. The molecule has 0 bridgehead atoms. The summed E-state index contributed by atoms with van der Waals surface area (Å²) in [5.74, 6) is 0.425. The van der Waals surface area contributed by atoms with Crippen molar-refractivity contribution >= 4 is 57.6 Å². The number of ether oxygens (including phenoxy) is 2. The molecule has 5 rings (SSSR count). The Bertz CT molecular complexity index is 2190. The van der Waals surface area contributed by atoms with E-state index in [1.165, 1.54) is 42.6 Å². The SMILES string of the molecule is COc1cc(/C=N\Nc2ccc([N+](=O)[O-])cc2[N+](=O)[O-])ccc1Oc1nc2c(c(=O)n(C)c(=O)n2C)n1Cc1ccc(Cl)cc1Cl. The quantitative estimate of drug-likeness (QED) is 0.122. The first-order valence-electron chi connectivity index (χ1n) is 13.1. The third-order valence-electron chi connectivity index (χ3n) is 6.83. The van der Waals surface area contributed by atoms with Gasteiger partial charge in [-0.25, -0.2) is 4.79 Å². The molecule has 3 aromatic carbocycles. The van der Waals surface area contributed by atoms with Crippen LogP contribution < -0.4 is 26.1 Å². The maximum Gasteiger partial charge on any atom is 0.332 e. The number of nitrogens with zero attached hydrogens (tertiary/aromatic N) is 7. The number of benzene rings is 3. The zero-order valence-corrected chi connectivity index (χ0v) is 25.6. The van der Waals surface area contributed by atoms with Crippen molar-refractivity contribution in [2.45, 2.75) is 6.54 Å². The molecule has 2 heterocycles. The predicted molar refractivity (Wildman–Crippen MR) is 170 cm³/mol. The van der Waals surface area contributed by atoms with Crippen LogP contribution in [-0.4, -0.2) is 41.9 Å². The Hall–Kier alpha value is -5.74. The summed E-state index contributed by atoms with van der Waals surface area (Å²) in [5.41, 5.74) is 1.60. The summed E-state index contributed by atoms with van der Waals surface area (Å²) < 4.78 is 15.3. The highest BCUT2D eigenvalue weighted by molar-refractivity contribution is 6.35. The molecular formula is C28H22Cl2N8O8. The molecular weight excluding hydrogens is 647 g/mol. The standard InChI is InChI=1S/C28H22Cl2N8O8/c1-34-25-24(26(39)35(2)28(34)40)36(14-16-5-6-17(29)11-19(16)30)27(32-25)46-22-9-4-15(10-23(22)45-3)13-31-33-20-8-7-18(37(41)42)12-21(20)38(43)44/h4-13,33H,14H2,1-3H3/b31-13-. The van der Waals surface area contributed by atoms with Gasteiger partial charge < -0.3 is 9.47 Å². The second-order valence-corrected chi connectivity index (χ2v) is 10.5. The van der Waals surface area contributed by atoms with Crippen molar-refractivity contribution in [2.75, 3.05) is 12.5 Å². The Kier molecular flexibility index (Phi) is 8.75. The minimum Gasteiger partial charge on any atom is -0.493 e. The highest BCUT2D eigenvalue weighted by Crippen LogP contribution is 2.34. The van der Waals surface area contributed by atoms with Gasteiger partial charge in [0, 0.05) is 30.2 Å². The van der Waals surface area contributed by atoms with Crippen molar-refractivity contribution in [2.24, 2.45) is 19.2 Å². The molecule has 0 atom stereocenters. The maximum atomic E-state index is 13.3. The first-order chi connectivity index (χ1) is 21.9. The van der Waals surface area contributed by atoms with E-state index in [2.05, 4.69) is 15.5 Å². The van der Waals surface area contributed by atoms with Crippen LogP contribution in [0.15, 0.2) is 69.3 Å². The monoisotopic (exact) mass is 668 g/mol. The van der Waals surface area contributed by atoms with Crippen molar-refractivity contribution in [3.63, 3.8) is 0 Å². The fourth-order valence-electron chi connectivity index (χ4n) is 4.47. The number of hydrazone groups is 1. The second-order valence-electron chi connectivity index (χ2n) is 9.69. The van der Waals surface area contributed by atoms with Crippen LogP contribution in [0.25, 0.3) is 11.2 Å². The van der Waals surface area contributed by atoms with Crippen molar-refractivity contribution in [1.82, 2.24) is 18.7 Å². The van der Waals surface area contributed by atoms with Crippen molar-refractivity contribution < 1.29 is 19.3 Å². The second kappa shape index (κ2) is 12.7. The number of hydrogen-bond donors (Lipinski definition) is 1. The van der Waals surface area contributed by atoms with Crippen LogP contribution in [0.1, 0.15) is 11.1 Å². The van der Waals surface area contributed by atoms with Gasteiger partial charge in [-0.2, -0.15) is 10.1 Å². The van der Waals surface area contributed by atoms with Gasteiger partial charge in [-0.1, -0.05) is 29.3 Å². The summed E-state index contributed by atoms with van der Waals surface area (Å²) in [6, 6.07) is 12.7. The predicted octanol–water partition coefficient (Wildman–Crippen LogP) is 4.85. The number of methoxy groups -OCH3 is 1. The van der Waals surface area contributed by atoms with Gasteiger partial charge in [0.2, 0.25) is 0 Å². The normalized spacial score (nSPS) is 11.2. The van der Waals surface area contributed by atoms with Gasteiger partial charge in [0.15, 0.2) is 22.7 Å². The van der Waals surface area contributed by atoms with Gasteiger partial charge in [0.05, 0.1) is 35.8 Å². The number of anilines is 1. The van der Waals surface area contributed by atoms with Gasteiger partial charge in [-0.15, -0.1) is 0 Å². The van der Waals surface area contributed by atoms with Gasteiger partial charge >= 0.3 is 17.4 Å². The molecule has 0 saturated carbocycles. The summed E-state index contributed by atoms with van der Waals surface area (Å²) in [6.07, 6.45) is 1.34. The lowest BCUT2D eigenvalue weighted by molar-refractivity contribution is -0.393. The van der Waals surface area contributed by atoms with E-state index in [1.54, 1.807) is 36.4 Å². The number of nitro benzene ring substituents is 2. The molecule has 0 saturated heterocycles. The third kappa shape index (κ3) is 6.11. The largest absolute Gasteiger partial charge is 0.493 e. The van der Waals surface area contributed by atoms with Crippen LogP contribution in [0, 0.1) is 20.2 Å². The van der Waals surface area contributed by atoms with E-state index < -0.39 is 32.5 Å². The highest BCUT2D eigenvalue weighted by atomic mass is 35.5. The van der Waals surface area contributed by atoms with Crippen molar-refractivity contribution in [3.05, 3.63) is 117 Å². The number of non-ortho nitro benzene ring substituents is 1. The van der Waals surface area contributed by atoms with E-state index in [-0.39, 0.29) is 40.9 Å². The average molecular weight is 669 g/mol. The summed E-state index contributed by atoms with van der Waals surface area (Å²) in [6.45, 7) is 0.0444. The molecule has 0 fully saturated rings. The number of imidazole rings is 1. The molecule has 0 spiro atoms. The number of rotatable bonds is 10. The van der Waals surface area contributed by atoms with Gasteiger partial charge in [-0.05, 0) is 47.5 Å². The molecule has 0 unspecified atom stereocenters. The first-order valence-corrected chi connectivity index (χ1v) is 13.8. The number of aryl methyl sites for hydroxylation is 1. The van der Waals surface area contributed by atoms with E-state index >= 15 is 0 Å². The zero-order valence-electron chi connectivity index (χ0n) is 24.1. The summed E-state index contributed by atoms with van der Waals surface area (Å²) in [7, 11) is 4.24. The molecule has 46 heavy (non-hydrogen) atoms. The van der Waals surface area contributed by atoms with Crippen LogP contribution in [0.2, 0.25) is 10.0 Å². The topological polar surface area (TPSA) is 191 Å². The Morgan fingerprint density at radius 3 is 2.41 bits per heavy atom. The smallest absolute Gasteiger partial charge is 0.332 e. The molecule has 0 aliphatic rings. The zero-order chi connectivity index (χ0) is 33.3. The van der Waals surface area contributed by atoms with Gasteiger partial charge in [0.25, 0.3) is 11.2 Å². The lowest BCUT2D eigenvalue weighted by atomic mass is 10.2. The molecule has 0 aliphatic heterocycles. The number of aromatic nitrogens is 4. The molecule has 16 nitrogen and oxygen atoms in total. The lowest BCUT2D eigenvalue weighted by Crippen LogP contribution is -2.37. The van der Waals surface area contributed by atoms with Gasteiger partial charge in [-0.3, -0.25) is 44.2 Å². The Labute approximate surface area is 267 Å². The Morgan fingerprint density at radius 1 is 0.978 bits per heavy atom. The van der Waals surface area contributed by atoms with Crippen LogP contribution in [-0.2, 0) is 20.6 Å². The van der Waals surface area contributed by atoms with Gasteiger partial charge in [0.1, 0.15) is 5.69 Å². The maximum absolute atomic E-state index is 13.3. The van der Waals surface area contributed by atoms with E-state index in [4.69, 9.17) is 32.7 Å². The number of hydrogen-bond acceptors (Lipinski definition) is 11. The number of nitro groups is 2. The van der Waals surface area contributed by atoms with Crippen LogP contribution in [0.3, 0.4) is 0 Å².